The fourth-order valence-electron chi connectivity index (χ4n) is 3.67. The molecule has 128 valence electrons. The molecule has 1 aliphatic carbocycles. The average molecular weight is 330 g/mol. The van der Waals surface area contributed by atoms with E-state index in [2.05, 4.69) is 0 Å². The molecule has 1 saturated carbocycles. The summed E-state index contributed by atoms with van der Waals surface area (Å²) >= 11 is 0. The first-order chi connectivity index (χ1) is 10.8. The number of morpholine rings is 1. The molecule has 3 rings (SSSR count). The van der Waals surface area contributed by atoms with Gasteiger partial charge in [0.15, 0.2) is 0 Å². The standard InChI is InChI=1S/C16H21F3N2O2/c1-20-9-12(13(10-20)16(17,18)19)14(22)21-7-8-23-15(11-21)5-3-2-4-6-15/h9-10H,2-8,11H2,1H3. The number of aryl methyl sites for hydroxylation is 1. The zero-order valence-electron chi connectivity index (χ0n) is 13.2. The third-order valence-corrected chi connectivity index (χ3v) is 4.79. The first-order valence-electron chi connectivity index (χ1n) is 7.97. The van der Waals surface area contributed by atoms with Gasteiger partial charge >= 0.3 is 6.18 Å². The number of amides is 1. The van der Waals surface area contributed by atoms with Crippen molar-refractivity contribution in [3.63, 3.8) is 0 Å². The van der Waals surface area contributed by atoms with Crippen molar-refractivity contribution >= 4 is 5.91 Å². The van der Waals surface area contributed by atoms with E-state index in [4.69, 9.17) is 4.74 Å². The lowest BCUT2D eigenvalue weighted by Gasteiger charge is -2.45. The maximum absolute atomic E-state index is 13.1. The number of carbonyl (C=O) groups is 1. The van der Waals surface area contributed by atoms with E-state index in [0.717, 1.165) is 38.3 Å². The number of hydrogen-bond acceptors (Lipinski definition) is 2. The van der Waals surface area contributed by atoms with Gasteiger partial charge in [0.05, 0.1) is 29.9 Å². The van der Waals surface area contributed by atoms with Gasteiger partial charge in [-0.15, -0.1) is 0 Å². The van der Waals surface area contributed by atoms with Gasteiger partial charge in [0.1, 0.15) is 0 Å². The summed E-state index contributed by atoms with van der Waals surface area (Å²) in [6.07, 6.45) is 2.67. The molecule has 0 unspecified atom stereocenters. The summed E-state index contributed by atoms with van der Waals surface area (Å²) in [4.78, 5) is 14.2. The highest BCUT2D eigenvalue weighted by molar-refractivity contribution is 5.96. The third kappa shape index (κ3) is 3.24. The van der Waals surface area contributed by atoms with Crippen LogP contribution in [0.4, 0.5) is 13.2 Å². The van der Waals surface area contributed by atoms with Gasteiger partial charge in [-0.2, -0.15) is 13.2 Å². The molecule has 1 saturated heterocycles. The molecular formula is C16H21F3N2O2. The minimum absolute atomic E-state index is 0.271. The van der Waals surface area contributed by atoms with Gasteiger partial charge in [-0.05, 0) is 12.8 Å². The van der Waals surface area contributed by atoms with Crippen molar-refractivity contribution in [3.05, 3.63) is 23.5 Å². The largest absolute Gasteiger partial charge is 0.418 e. The number of carbonyl (C=O) groups excluding carboxylic acids is 1. The monoisotopic (exact) mass is 330 g/mol. The van der Waals surface area contributed by atoms with E-state index >= 15 is 0 Å². The van der Waals surface area contributed by atoms with E-state index < -0.39 is 17.6 Å². The predicted octanol–water partition coefficient (Wildman–Crippen LogP) is 3.22. The van der Waals surface area contributed by atoms with E-state index in [-0.39, 0.29) is 11.2 Å². The Balaban J connectivity index is 1.83. The third-order valence-electron chi connectivity index (χ3n) is 4.79. The van der Waals surface area contributed by atoms with Gasteiger partial charge in [-0.3, -0.25) is 4.79 Å². The molecule has 0 N–H and O–H groups in total. The first-order valence-corrected chi connectivity index (χ1v) is 7.97. The van der Waals surface area contributed by atoms with Crippen molar-refractivity contribution < 1.29 is 22.7 Å². The number of halogens is 3. The van der Waals surface area contributed by atoms with Crippen LogP contribution in [0.2, 0.25) is 0 Å². The van der Waals surface area contributed by atoms with E-state index in [0.29, 0.717) is 19.7 Å². The van der Waals surface area contributed by atoms with Crippen LogP contribution in [0.1, 0.15) is 48.0 Å². The smallest absolute Gasteiger partial charge is 0.371 e. The van der Waals surface area contributed by atoms with Gasteiger partial charge in [-0.25, -0.2) is 0 Å². The Morgan fingerprint density at radius 3 is 2.57 bits per heavy atom. The minimum atomic E-state index is -4.53. The van der Waals surface area contributed by atoms with Crippen molar-refractivity contribution in [2.45, 2.75) is 43.9 Å². The summed E-state index contributed by atoms with van der Waals surface area (Å²) in [5.74, 6) is -0.550. The van der Waals surface area contributed by atoms with Crippen LogP contribution in [-0.2, 0) is 18.0 Å². The summed E-state index contributed by atoms with van der Waals surface area (Å²) in [6.45, 7) is 1.12. The van der Waals surface area contributed by atoms with Gasteiger partial charge < -0.3 is 14.2 Å². The normalized spacial score (nSPS) is 21.7. The van der Waals surface area contributed by atoms with Gasteiger partial charge in [-0.1, -0.05) is 19.3 Å². The molecule has 0 radical (unpaired) electrons. The Morgan fingerprint density at radius 2 is 1.91 bits per heavy atom. The lowest BCUT2D eigenvalue weighted by molar-refractivity contribution is -0.138. The van der Waals surface area contributed by atoms with E-state index in [1.165, 1.54) is 22.7 Å². The highest BCUT2D eigenvalue weighted by atomic mass is 19.4. The van der Waals surface area contributed by atoms with Crippen molar-refractivity contribution in [1.29, 1.82) is 0 Å². The Labute approximate surface area is 133 Å². The predicted molar refractivity (Wildman–Crippen MR) is 78.1 cm³/mol. The van der Waals surface area contributed by atoms with Gasteiger partial charge in [0.2, 0.25) is 0 Å². The first kappa shape index (κ1) is 16.4. The van der Waals surface area contributed by atoms with E-state index in [1.807, 2.05) is 0 Å². The number of nitrogens with zero attached hydrogens (tertiary/aromatic N) is 2. The fourth-order valence-corrected chi connectivity index (χ4v) is 3.67. The molecule has 1 spiro atoms. The number of rotatable bonds is 1. The number of alkyl halides is 3. The molecule has 7 heteroatoms. The van der Waals surface area contributed by atoms with Crippen LogP contribution in [0.25, 0.3) is 0 Å². The molecule has 1 aromatic rings. The van der Waals surface area contributed by atoms with Crippen LogP contribution in [0.5, 0.6) is 0 Å². The van der Waals surface area contributed by atoms with Crippen LogP contribution in [0, 0.1) is 0 Å². The molecule has 0 bridgehead atoms. The molecule has 1 amide bonds. The van der Waals surface area contributed by atoms with E-state index in [1.54, 1.807) is 0 Å². The summed E-state index contributed by atoms with van der Waals surface area (Å²) in [7, 11) is 1.49. The quantitative estimate of drug-likeness (QED) is 0.792. The molecule has 4 nitrogen and oxygen atoms in total. The van der Waals surface area contributed by atoms with Crippen molar-refractivity contribution in [1.82, 2.24) is 9.47 Å². The summed E-state index contributed by atoms with van der Waals surface area (Å²) in [5.41, 5.74) is -1.50. The zero-order chi connectivity index (χ0) is 16.7. The van der Waals surface area contributed by atoms with Crippen LogP contribution in [0.15, 0.2) is 12.4 Å². The molecule has 2 aliphatic rings. The van der Waals surface area contributed by atoms with E-state index in [9.17, 15) is 18.0 Å². The maximum Gasteiger partial charge on any atom is 0.418 e. The van der Waals surface area contributed by atoms with Crippen LogP contribution in [0.3, 0.4) is 0 Å². The van der Waals surface area contributed by atoms with Crippen LogP contribution < -0.4 is 0 Å². The number of ether oxygens (including phenoxy) is 1. The summed E-state index contributed by atoms with van der Waals surface area (Å²) in [5, 5.41) is 0. The average Bonchev–Trinajstić information content (AvgIpc) is 2.89. The second kappa shape index (κ2) is 5.85. The van der Waals surface area contributed by atoms with Crippen molar-refractivity contribution in [3.8, 4) is 0 Å². The summed E-state index contributed by atoms with van der Waals surface area (Å²) < 4.78 is 46.6. The van der Waals surface area contributed by atoms with Crippen LogP contribution in [-0.4, -0.2) is 40.7 Å². The molecule has 2 heterocycles. The van der Waals surface area contributed by atoms with Crippen LogP contribution >= 0.6 is 0 Å². The molecular weight excluding hydrogens is 309 g/mol. The Kier molecular flexibility index (Phi) is 4.16. The highest BCUT2D eigenvalue weighted by Crippen LogP contribution is 2.36. The lowest BCUT2D eigenvalue weighted by atomic mass is 9.83. The molecule has 1 aliphatic heterocycles. The Morgan fingerprint density at radius 1 is 1.22 bits per heavy atom. The molecule has 23 heavy (non-hydrogen) atoms. The van der Waals surface area contributed by atoms with Gasteiger partial charge in [0, 0.05) is 26.0 Å². The minimum Gasteiger partial charge on any atom is -0.371 e. The molecule has 2 fully saturated rings. The Bertz CT molecular complexity index is 583. The Hall–Kier alpha value is -1.50. The second-order valence-electron chi connectivity index (χ2n) is 6.57. The molecule has 0 atom stereocenters. The highest BCUT2D eigenvalue weighted by Gasteiger charge is 2.42. The van der Waals surface area contributed by atoms with Crippen molar-refractivity contribution in [2.24, 2.45) is 7.05 Å². The number of aromatic nitrogens is 1. The lowest BCUT2D eigenvalue weighted by Crippen LogP contribution is -2.54. The topological polar surface area (TPSA) is 34.5 Å². The van der Waals surface area contributed by atoms with Crippen molar-refractivity contribution in [2.75, 3.05) is 19.7 Å². The second-order valence-corrected chi connectivity index (χ2v) is 6.57. The van der Waals surface area contributed by atoms with Gasteiger partial charge in [0.25, 0.3) is 5.91 Å². The maximum atomic E-state index is 13.1. The molecule has 0 aromatic carbocycles. The fraction of sp³-hybridized carbons (Fsp3) is 0.688. The zero-order valence-corrected chi connectivity index (χ0v) is 13.2. The molecule has 1 aromatic heterocycles. The summed E-state index contributed by atoms with van der Waals surface area (Å²) in [6, 6.07) is 0. The SMILES string of the molecule is Cn1cc(C(=O)N2CCOC3(CCCCC3)C2)c(C(F)(F)F)c1. The number of hydrogen-bond donors (Lipinski definition) is 0.